The van der Waals surface area contributed by atoms with E-state index in [4.69, 9.17) is 9.72 Å². The van der Waals surface area contributed by atoms with E-state index in [1.807, 2.05) is 12.3 Å². The highest BCUT2D eigenvalue weighted by molar-refractivity contribution is 5.89. The van der Waals surface area contributed by atoms with Crippen molar-refractivity contribution in [3.8, 4) is 5.88 Å². The zero-order chi connectivity index (χ0) is 16.9. The molecule has 1 saturated heterocycles. The minimum absolute atomic E-state index is 0.750. The van der Waals surface area contributed by atoms with E-state index in [1.54, 1.807) is 0 Å². The minimum atomic E-state index is 0.750. The first-order valence-electron chi connectivity index (χ1n) is 9.54. The lowest BCUT2D eigenvalue weighted by molar-refractivity contribution is 0.256. The van der Waals surface area contributed by atoms with Crippen LogP contribution in [0.15, 0.2) is 22.1 Å². The van der Waals surface area contributed by atoms with Gasteiger partial charge < -0.3 is 14.5 Å². The number of hydrogen-bond donors (Lipinski definition) is 0. The monoisotopic (exact) mass is 341 g/mol. The Balaban J connectivity index is 1.29. The summed E-state index contributed by atoms with van der Waals surface area (Å²) in [6, 6.07) is 4.15. The maximum Gasteiger partial charge on any atom is 0.220 e. The largest absolute Gasteiger partial charge is 0.478 e. The van der Waals surface area contributed by atoms with Gasteiger partial charge in [-0.15, -0.1) is 0 Å². The highest BCUT2D eigenvalue weighted by Crippen LogP contribution is 2.21. The van der Waals surface area contributed by atoms with Crippen LogP contribution in [0.5, 0.6) is 5.88 Å². The first-order chi connectivity index (χ1) is 12.4. The SMILES string of the molecule is C1=NC(N2CCc3nc(OCCCN4CCCC4)ccc3C2)=NCC1. The van der Waals surface area contributed by atoms with E-state index < -0.39 is 0 Å². The van der Waals surface area contributed by atoms with Crippen molar-refractivity contribution < 1.29 is 4.74 Å². The van der Waals surface area contributed by atoms with E-state index in [9.17, 15) is 0 Å². The van der Waals surface area contributed by atoms with Gasteiger partial charge in [0.25, 0.3) is 0 Å². The third-order valence-electron chi connectivity index (χ3n) is 5.09. The number of nitrogens with zero attached hydrogens (tertiary/aromatic N) is 5. The summed E-state index contributed by atoms with van der Waals surface area (Å²) in [7, 11) is 0. The summed E-state index contributed by atoms with van der Waals surface area (Å²) in [5.41, 5.74) is 2.42. The summed E-state index contributed by atoms with van der Waals surface area (Å²) in [5.74, 6) is 1.64. The lowest BCUT2D eigenvalue weighted by atomic mass is 10.1. The molecular formula is C19H27N5O. The molecule has 0 N–H and O–H groups in total. The molecule has 1 aromatic rings. The molecule has 4 heterocycles. The quantitative estimate of drug-likeness (QED) is 0.770. The van der Waals surface area contributed by atoms with Gasteiger partial charge in [0.1, 0.15) is 0 Å². The van der Waals surface area contributed by atoms with E-state index in [2.05, 4.69) is 25.9 Å². The molecule has 134 valence electrons. The maximum absolute atomic E-state index is 5.88. The molecule has 3 aliphatic rings. The van der Waals surface area contributed by atoms with Gasteiger partial charge in [0.05, 0.1) is 12.3 Å². The summed E-state index contributed by atoms with van der Waals surface area (Å²) < 4.78 is 5.88. The lowest BCUT2D eigenvalue weighted by Crippen LogP contribution is -2.36. The average molecular weight is 341 g/mol. The number of rotatable bonds is 5. The Kier molecular flexibility index (Phi) is 5.25. The fourth-order valence-electron chi connectivity index (χ4n) is 3.71. The topological polar surface area (TPSA) is 53.3 Å². The molecule has 25 heavy (non-hydrogen) atoms. The van der Waals surface area contributed by atoms with E-state index in [-0.39, 0.29) is 0 Å². The van der Waals surface area contributed by atoms with Gasteiger partial charge in [-0.25, -0.2) is 9.98 Å². The molecule has 6 heteroatoms. The molecular weight excluding hydrogens is 314 g/mol. The third kappa shape index (κ3) is 4.18. The zero-order valence-electron chi connectivity index (χ0n) is 14.9. The molecule has 0 spiro atoms. The fraction of sp³-hybridized carbons (Fsp3) is 0.632. The van der Waals surface area contributed by atoms with Gasteiger partial charge in [-0.1, -0.05) is 6.07 Å². The number of likely N-dealkylation sites (tertiary alicyclic amines) is 1. The van der Waals surface area contributed by atoms with Crippen LogP contribution in [0.2, 0.25) is 0 Å². The number of aliphatic imine (C=N–C) groups is 2. The highest BCUT2D eigenvalue weighted by Gasteiger charge is 2.21. The molecule has 4 rings (SSSR count). The maximum atomic E-state index is 5.88. The summed E-state index contributed by atoms with van der Waals surface area (Å²) in [4.78, 5) is 18.4. The Morgan fingerprint density at radius 1 is 1.12 bits per heavy atom. The Morgan fingerprint density at radius 2 is 2.04 bits per heavy atom. The molecule has 0 amide bonds. The number of pyridine rings is 1. The van der Waals surface area contributed by atoms with Crippen molar-refractivity contribution in [2.75, 3.05) is 39.3 Å². The van der Waals surface area contributed by atoms with Crippen molar-refractivity contribution in [3.63, 3.8) is 0 Å². The third-order valence-corrected chi connectivity index (χ3v) is 5.09. The smallest absolute Gasteiger partial charge is 0.220 e. The normalized spacial score (nSPS) is 20.5. The van der Waals surface area contributed by atoms with Crippen LogP contribution in [0.4, 0.5) is 0 Å². The van der Waals surface area contributed by atoms with Crippen LogP contribution >= 0.6 is 0 Å². The second kappa shape index (κ2) is 7.95. The number of guanidine groups is 1. The Labute approximate surface area is 149 Å². The molecule has 3 aliphatic heterocycles. The number of fused-ring (bicyclic) bond motifs is 1. The Hall–Kier alpha value is -1.95. The second-order valence-electron chi connectivity index (χ2n) is 6.96. The Morgan fingerprint density at radius 3 is 2.88 bits per heavy atom. The fourth-order valence-corrected chi connectivity index (χ4v) is 3.71. The van der Waals surface area contributed by atoms with Crippen molar-refractivity contribution in [1.29, 1.82) is 0 Å². The predicted molar refractivity (Wildman–Crippen MR) is 99.5 cm³/mol. The number of ether oxygens (including phenoxy) is 1. The van der Waals surface area contributed by atoms with Crippen molar-refractivity contribution in [2.45, 2.75) is 38.6 Å². The van der Waals surface area contributed by atoms with Crippen LogP contribution in [0, 0.1) is 0 Å². The number of aromatic nitrogens is 1. The molecule has 0 saturated carbocycles. The van der Waals surface area contributed by atoms with Crippen molar-refractivity contribution in [3.05, 3.63) is 23.4 Å². The molecule has 0 atom stereocenters. The average Bonchev–Trinajstić information content (AvgIpc) is 3.19. The van der Waals surface area contributed by atoms with Crippen LogP contribution in [0.3, 0.4) is 0 Å². The molecule has 0 unspecified atom stereocenters. The van der Waals surface area contributed by atoms with Gasteiger partial charge in [-0.3, -0.25) is 4.99 Å². The van der Waals surface area contributed by atoms with E-state index >= 15 is 0 Å². The first-order valence-corrected chi connectivity index (χ1v) is 9.54. The lowest BCUT2D eigenvalue weighted by Gasteiger charge is -2.29. The number of hydrogen-bond acceptors (Lipinski definition) is 6. The van der Waals surface area contributed by atoms with Crippen LogP contribution in [-0.2, 0) is 13.0 Å². The molecule has 6 nitrogen and oxygen atoms in total. The zero-order valence-corrected chi connectivity index (χ0v) is 14.9. The molecule has 1 aromatic heterocycles. The van der Waals surface area contributed by atoms with Crippen LogP contribution < -0.4 is 4.74 Å². The Bertz CT molecular complexity index is 651. The molecule has 0 radical (unpaired) electrons. The molecule has 0 bridgehead atoms. The summed E-state index contributed by atoms with van der Waals surface area (Å²) in [6.45, 7) is 7.02. The molecule has 0 aliphatic carbocycles. The van der Waals surface area contributed by atoms with Gasteiger partial charge >= 0.3 is 0 Å². The minimum Gasteiger partial charge on any atom is -0.478 e. The second-order valence-corrected chi connectivity index (χ2v) is 6.96. The summed E-state index contributed by atoms with van der Waals surface area (Å²) in [5, 5.41) is 0. The van der Waals surface area contributed by atoms with Gasteiger partial charge in [-0.05, 0) is 37.9 Å². The van der Waals surface area contributed by atoms with Gasteiger partial charge in [-0.2, -0.15) is 0 Å². The van der Waals surface area contributed by atoms with Crippen molar-refractivity contribution >= 4 is 12.2 Å². The van der Waals surface area contributed by atoms with Crippen molar-refractivity contribution in [2.24, 2.45) is 9.98 Å². The molecule has 1 fully saturated rings. The first kappa shape index (κ1) is 16.5. The van der Waals surface area contributed by atoms with Crippen LogP contribution in [0.25, 0.3) is 0 Å². The van der Waals surface area contributed by atoms with Crippen molar-refractivity contribution in [1.82, 2.24) is 14.8 Å². The summed E-state index contributed by atoms with van der Waals surface area (Å²) in [6.07, 6.45) is 7.62. The van der Waals surface area contributed by atoms with Gasteiger partial charge in [0, 0.05) is 51.3 Å². The predicted octanol–water partition coefficient (Wildman–Crippen LogP) is 2.13. The molecule has 0 aromatic carbocycles. The van der Waals surface area contributed by atoms with Gasteiger partial charge in [0.2, 0.25) is 11.8 Å². The standard InChI is InChI=1S/C19H27N5O/c1-2-11-23(10-1)12-4-14-25-18-6-5-16-15-24(13-7-17(16)22-18)19-20-8-3-9-21-19/h5-6,8H,1-4,7,9-15H2. The highest BCUT2D eigenvalue weighted by atomic mass is 16.5. The summed E-state index contributed by atoms with van der Waals surface area (Å²) >= 11 is 0. The van der Waals surface area contributed by atoms with E-state index in [0.29, 0.717) is 0 Å². The van der Waals surface area contributed by atoms with Crippen LogP contribution in [-0.4, -0.2) is 66.3 Å². The van der Waals surface area contributed by atoms with E-state index in [0.717, 1.165) is 69.6 Å². The van der Waals surface area contributed by atoms with Gasteiger partial charge in [0.15, 0.2) is 0 Å². The van der Waals surface area contributed by atoms with Crippen LogP contribution in [0.1, 0.15) is 36.9 Å². The van der Waals surface area contributed by atoms with E-state index in [1.165, 1.54) is 31.5 Å².